The minimum atomic E-state index is -0.892. The first kappa shape index (κ1) is 23.9. The summed E-state index contributed by atoms with van der Waals surface area (Å²) in [4.78, 5) is 36.4. The topological polar surface area (TPSA) is 121 Å². The smallest absolute Gasteiger partial charge is 0.407 e. The molecule has 0 aromatic carbocycles. The van der Waals surface area contributed by atoms with Crippen LogP contribution < -0.4 is 10.3 Å². The number of aliphatic hydroxyl groups is 1. The number of ether oxygens (including phenoxy) is 1. The number of nitrogens with zero attached hydrogens (tertiary/aromatic N) is 5. The first-order valence-corrected chi connectivity index (χ1v) is 10.9. The maximum atomic E-state index is 12.4. The summed E-state index contributed by atoms with van der Waals surface area (Å²) in [6, 6.07) is 3.05. The molecule has 1 aliphatic rings. The number of carboxylic acid groups (broad SMARTS) is 1. The van der Waals surface area contributed by atoms with Crippen molar-refractivity contribution in [1.82, 2.24) is 24.3 Å². The summed E-state index contributed by atoms with van der Waals surface area (Å²) in [7, 11) is 1.49. The first-order valence-electron chi connectivity index (χ1n) is 10.9. The van der Waals surface area contributed by atoms with Crippen LogP contribution in [0.1, 0.15) is 40.0 Å². The Hall–Kier alpha value is -2.72. The molecule has 176 valence electrons. The fourth-order valence-corrected chi connectivity index (χ4v) is 4.37. The summed E-state index contributed by atoms with van der Waals surface area (Å²) in [5.74, 6) is 0.325. The number of aliphatic hydroxyl groups excluding tert-OH is 1. The molecule has 1 unspecified atom stereocenters. The Labute approximate surface area is 187 Å². The highest BCUT2D eigenvalue weighted by molar-refractivity contribution is 5.70. The van der Waals surface area contributed by atoms with Crippen LogP contribution in [-0.2, 0) is 6.54 Å². The Kier molecular flexibility index (Phi) is 7.35. The van der Waals surface area contributed by atoms with Gasteiger partial charge in [-0.2, -0.15) is 4.98 Å². The lowest BCUT2D eigenvalue weighted by molar-refractivity contribution is 0.0292. The van der Waals surface area contributed by atoms with Gasteiger partial charge in [-0.15, -0.1) is 0 Å². The van der Waals surface area contributed by atoms with Gasteiger partial charge in [-0.1, -0.05) is 0 Å². The number of aromatic nitrogens is 3. The fourth-order valence-electron chi connectivity index (χ4n) is 4.37. The number of fused-ring (bicyclic) bond motifs is 1. The van der Waals surface area contributed by atoms with Gasteiger partial charge in [-0.05, 0) is 46.1 Å². The van der Waals surface area contributed by atoms with Gasteiger partial charge in [0, 0.05) is 43.8 Å². The van der Waals surface area contributed by atoms with Gasteiger partial charge in [0.1, 0.15) is 5.52 Å². The highest BCUT2D eigenvalue weighted by Crippen LogP contribution is 2.25. The van der Waals surface area contributed by atoms with Crippen molar-refractivity contribution in [1.29, 1.82) is 0 Å². The van der Waals surface area contributed by atoms with Crippen molar-refractivity contribution in [2.45, 2.75) is 64.3 Å². The molecule has 2 aromatic rings. The third-order valence-electron chi connectivity index (χ3n) is 5.88. The van der Waals surface area contributed by atoms with E-state index >= 15 is 0 Å². The average Bonchev–Trinajstić information content (AvgIpc) is 2.72. The molecular formula is C22H33N5O5. The standard InChI is InChI=1S/C22H33N5O5/c1-22(2,3)27(21(30)31)15-7-10-25(11-8-15)14-16(28)9-12-26-19(29)6-5-17-20(26)24-18(32-4)13-23-17/h5-6,13,15-16,28H,7-12,14H2,1-4H3,(H,30,31). The molecular weight excluding hydrogens is 414 g/mol. The number of carbonyl (C=O) groups is 1. The minimum absolute atomic E-state index is 0.0243. The van der Waals surface area contributed by atoms with Crippen LogP contribution in [0.2, 0.25) is 0 Å². The van der Waals surface area contributed by atoms with E-state index in [1.807, 2.05) is 20.8 Å². The first-order chi connectivity index (χ1) is 15.1. The van der Waals surface area contributed by atoms with Crippen molar-refractivity contribution >= 4 is 17.3 Å². The predicted molar refractivity (Wildman–Crippen MR) is 120 cm³/mol. The number of amides is 1. The highest BCUT2D eigenvalue weighted by atomic mass is 16.5. The molecule has 10 heteroatoms. The van der Waals surface area contributed by atoms with Crippen molar-refractivity contribution in [2.75, 3.05) is 26.7 Å². The monoisotopic (exact) mass is 447 g/mol. The number of rotatable bonds is 7. The molecule has 0 saturated carbocycles. The van der Waals surface area contributed by atoms with Crippen LogP contribution in [0, 0.1) is 0 Å². The van der Waals surface area contributed by atoms with Gasteiger partial charge in [0.05, 0.1) is 19.4 Å². The van der Waals surface area contributed by atoms with Gasteiger partial charge in [-0.3, -0.25) is 9.36 Å². The molecule has 0 spiro atoms. The third kappa shape index (κ3) is 5.55. The van der Waals surface area contributed by atoms with Gasteiger partial charge in [0.25, 0.3) is 5.56 Å². The molecule has 3 rings (SSSR count). The molecule has 1 atom stereocenters. The van der Waals surface area contributed by atoms with E-state index in [1.54, 1.807) is 11.0 Å². The van der Waals surface area contributed by atoms with Crippen LogP contribution in [0.3, 0.4) is 0 Å². The molecule has 1 amide bonds. The Morgan fingerprint density at radius 2 is 2.00 bits per heavy atom. The summed E-state index contributed by atoms with van der Waals surface area (Å²) in [5, 5.41) is 20.2. The maximum absolute atomic E-state index is 12.4. The van der Waals surface area contributed by atoms with Gasteiger partial charge in [0.15, 0.2) is 5.65 Å². The summed E-state index contributed by atoms with van der Waals surface area (Å²) >= 11 is 0. The molecule has 3 heterocycles. The van der Waals surface area contributed by atoms with Gasteiger partial charge < -0.3 is 24.7 Å². The number of likely N-dealkylation sites (tertiary alicyclic amines) is 1. The fraction of sp³-hybridized carbons (Fsp3) is 0.636. The Balaban J connectivity index is 1.58. The van der Waals surface area contributed by atoms with E-state index in [-0.39, 0.29) is 11.6 Å². The minimum Gasteiger partial charge on any atom is -0.480 e. The van der Waals surface area contributed by atoms with E-state index < -0.39 is 17.7 Å². The number of hydrogen-bond donors (Lipinski definition) is 2. The zero-order valence-corrected chi connectivity index (χ0v) is 19.2. The van der Waals surface area contributed by atoms with Gasteiger partial charge in [-0.25, -0.2) is 9.78 Å². The zero-order valence-electron chi connectivity index (χ0n) is 19.2. The molecule has 32 heavy (non-hydrogen) atoms. The normalized spacial score (nSPS) is 16.8. The number of piperidine rings is 1. The maximum Gasteiger partial charge on any atom is 0.407 e. The molecule has 0 aliphatic carbocycles. The summed E-state index contributed by atoms with van der Waals surface area (Å²) in [5.41, 5.74) is 0.365. The zero-order chi connectivity index (χ0) is 23.5. The molecule has 1 fully saturated rings. The molecule has 2 aromatic heterocycles. The van der Waals surface area contributed by atoms with Gasteiger partial charge >= 0.3 is 6.09 Å². The van der Waals surface area contributed by atoms with Crippen molar-refractivity contribution in [2.24, 2.45) is 0 Å². The lowest BCUT2D eigenvalue weighted by Crippen LogP contribution is -2.55. The number of hydrogen-bond acceptors (Lipinski definition) is 7. The molecule has 1 saturated heterocycles. The van der Waals surface area contributed by atoms with Crippen molar-refractivity contribution in [3.63, 3.8) is 0 Å². The summed E-state index contributed by atoms with van der Waals surface area (Å²) in [6.07, 6.45) is 1.84. The second-order valence-electron chi connectivity index (χ2n) is 9.24. The van der Waals surface area contributed by atoms with Crippen LogP contribution in [0.25, 0.3) is 11.2 Å². The Morgan fingerprint density at radius 1 is 1.31 bits per heavy atom. The van der Waals surface area contributed by atoms with E-state index in [0.717, 1.165) is 25.9 Å². The van der Waals surface area contributed by atoms with E-state index in [1.165, 1.54) is 23.9 Å². The van der Waals surface area contributed by atoms with Crippen LogP contribution in [0.15, 0.2) is 23.1 Å². The predicted octanol–water partition coefficient (Wildman–Crippen LogP) is 1.79. The molecule has 2 N–H and O–H groups in total. The van der Waals surface area contributed by atoms with Crippen LogP contribution in [-0.4, -0.2) is 85.1 Å². The third-order valence-corrected chi connectivity index (χ3v) is 5.88. The van der Waals surface area contributed by atoms with Crippen molar-refractivity contribution in [3.05, 3.63) is 28.7 Å². The Morgan fingerprint density at radius 3 is 2.59 bits per heavy atom. The lowest BCUT2D eigenvalue weighted by Gasteiger charge is -2.43. The van der Waals surface area contributed by atoms with Crippen LogP contribution >= 0.6 is 0 Å². The summed E-state index contributed by atoms with van der Waals surface area (Å²) in [6.45, 7) is 7.96. The van der Waals surface area contributed by atoms with Crippen LogP contribution in [0.4, 0.5) is 4.79 Å². The molecule has 0 bridgehead atoms. The van der Waals surface area contributed by atoms with Crippen molar-refractivity contribution in [3.8, 4) is 5.88 Å². The second kappa shape index (κ2) is 9.83. The average molecular weight is 448 g/mol. The number of β-amino-alcohol motifs (C(OH)–C–C–N with tert-alkyl or cyclic N) is 1. The van der Waals surface area contributed by atoms with Gasteiger partial charge in [0.2, 0.25) is 5.88 Å². The quantitative estimate of drug-likeness (QED) is 0.659. The van der Waals surface area contributed by atoms with E-state index in [0.29, 0.717) is 36.6 Å². The van der Waals surface area contributed by atoms with E-state index in [9.17, 15) is 19.8 Å². The number of pyridine rings is 1. The molecule has 1 aliphatic heterocycles. The molecule has 0 radical (unpaired) electrons. The second-order valence-corrected chi connectivity index (χ2v) is 9.24. The largest absolute Gasteiger partial charge is 0.480 e. The SMILES string of the molecule is COc1cnc2ccc(=O)n(CCC(O)CN3CCC(N(C(=O)O)C(C)(C)C)CC3)c2n1. The lowest BCUT2D eigenvalue weighted by atomic mass is 9.96. The number of aryl methyl sites for hydroxylation is 1. The van der Waals surface area contributed by atoms with Crippen LogP contribution in [0.5, 0.6) is 5.88 Å². The summed E-state index contributed by atoms with van der Waals surface area (Å²) < 4.78 is 6.63. The van der Waals surface area contributed by atoms with E-state index in [4.69, 9.17) is 4.74 Å². The molecule has 10 nitrogen and oxygen atoms in total. The van der Waals surface area contributed by atoms with Crippen molar-refractivity contribution < 1.29 is 19.7 Å². The Bertz CT molecular complexity index is 994. The highest BCUT2D eigenvalue weighted by Gasteiger charge is 2.35. The number of methoxy groups -OCH3 is 1. The van der Waals surface area contributed by atoms with E-state index in [2.05, 4.69) is 14.9 Å².